The number of halogens is 3. The predicted molar refractivity (Wildman–Crippen MR) is 82.1 cm³/mol. The highest BCUT2D eigenvalue weighted by molar-refractivity contribution is 5.62. The van der Waals surface area contributed by atoms with E-state index < -0.39 is 11.9 Å². The molecule has 0 spiro atoms. The van der Waals surface area contributed by atoms with Gasteiger partial charge in [-0.2, -0.15) is 18.3 Å². The van der Waals surface area contributed by atoms with Gasteiger partial charge in [0.15, 0.2) is 11.3 Å². The topological polar surface area (TPSA) is 30.2 Å². The van der Waals surface area contributed by atoms with Crippen LogP contribution in [0, 0.1) is 0 Å². The molecule has 0 radical (unpaired) electrons. The Morgan fingerprint density at radius 1 is 0.957 bits per heavy atom. The number of fused-ring (bicyclic) bond motifs is 1. The largest absolute Gasteiger partial charge is 0.433 e. The van der Waals surface area contributed by atoms with Crippen LogP contribution in [0.25, 0.3) is 16.9 Å². The molecule has 0 amide bonds. The van der Waals surface area contributed by atoms with Gasteiger partial charge in [-0.3, -0.25) is 0 Å². The van der Waals surface area contributed by atoms with Crippen LogP contribution in [0.15, 0.2) is 42.5 Å². The monoisotopic (exact) mass is 319 g/mol. The highest BCUT2D eigenvalue weighted by Crippen LogP contribution is 2.33. The molecule has 23 heavy (non-hydrogen) atoms. The van der Waals surface area contributed by atoms with E-state index >= 15 is 0 Å². The molecular formula is C17H16F3N3. The summed E-state index contributed by atoms with van der Waals surface area (Å²) in [6.07, 6.45) is -4.51. The van der Waals surface area contributed by atoms with Gasteiger partial charge in [0.25, 0.3) is 0 Å². The van der Waals surface area contributed by atoms with E-state index in [0.29, 0.717) is 11.3 Å². The summed E-state index contributed by atoms with van der Waals surface area (Å²) >= 11 is 0. The summed E-state index contributed by atoms with van der Waals surface area (Å²) in [5.74, 6) is 0. The maximum absolute atomic E-state index is 13.4. The lowest BCUT2D eigenvalue weighted by molar-refractivity contribution is -0.142. The van der Waals surface area contributed by atoms with Gasteiger partial charge in [0.05, 0.1) is 11.4 Å². The molecule has 0 aliphatic rings. The Kier molecular flexibility index (Phi) is 3.43. The summed E-state index contributed by atoms with van der Waals surface area (Å²) in [6, 6.07) is 11.5. The number of hydrogen-bond acceptors (Lipinski definition) is 2. The molecule has 0 aliphatic carbocycles. The summed E-state index contributed by atoms with van der Waals surface area (Å²) in [4.78, 5) is 4.35. The Balaban J connectivity index is 2.30. The van der Waals surface area contributed by atoms with E-state index in [1.165, 1.54) is 0 Å². The van der Waals surface area contributed by atoms with E-state index in [2.05, 4.69) is 10.1 Å². The highest BCUT2D eigenvalue weighted by Gasteiger charge is 2.35. The molecule has 0 bridgehead atoms. The molecule has 0 unspecified atom stereocenters. The number of nitrogens with zero attached hydrogens (tertiary/aromatic N) is 3. The maximum Gasteiger partial charge on any atom is 0.433 e. The van der Waals surface area contributed by atoms with Crippen molar-refractivity contribution in [3.8, 4) is 11.3 Å². The van der Waals surface area contributed by atoms with Gasteiger partial charge in [-0.15, -0.1) is 0 Å². The quantitative estimate of drug-likeness (QED) is 0.650. The van der Waals surface area contributed by atoms with E-state index in [0.717, 1.165) is 10.6 Å². The minimum atomic E-state index is -4.51. The smallest absolute Gasteiger partial charge is 0.228 e. The second-order valence-electron chi connectivity index (χ2n) is 6.44. The number of benzene rings is 1. The second-order valence-corrected chi connectivity index (χ2v) is 6.44. The molecule has 0 atom stereocenters. The molecule has 0 aliphatic heterocycles. The standard InChI is InChI=1S/C17H16F3N3/c1-16(2,3)13-10-15-21-12(11-7-5-4-6-8-11)9-14(17(18,19)20)23(15)22-13/h4-10H,1-3H3. The van der Waals surface area contributed by atoms with E-state index in [1.807, 2.05) is 26.8 Å². The van der Waals surface area contributed by atoms with Crippen LogP contribution in [-0.2, 0) is 11.6 Å². The fraction of sp³-hybridized carbons (Fsp3) is 0.294. The third-order valence-electron chi connectivity index (χ3n) is 3.56. The minimum Gasteiger partial charge on any atom is -0.228 e. The van der Waals surface area contributed by atoms with Gasteiger partial charge in [-0.25, -0.2) is 9.50 Å². The maximum atomic E-state index is 13.4. The molecule has 0 saturated heterocycles. The van der Waals surface area contributed by atoms with Crippen molar-refractivity contribution in [1.29, 1.82) is 0 Å². The van der Waals surface area contributed by atoms with Crippen LogP contribution >= 0.6 is 0 Å². The normalized spacial score (nSPS) is 12.8. The molecule has 0 saturated carbocycles. The summed E-state index contributed by atoms with van der Waals surface area (Å²) in [6.45, 7) is 5.71. The van der Waals surface area contributed by atoms with Gasteiger partial charge in [0, 0.05) is 17.0 Å². The molecule has 2 heterocycles. The van der Waals surface area contributed by atoms with Crippen molar-refractivity contribution in [3.63, 3.8) is 0 Å². The van der Waals surface area contributed by atoms with Crippen molar-refractivity contribution in [2.24, 2.45) is 0 Å². The van der Waals surface area contributed by atoms with Crippen LogP contribution in [0.1, 0.15) is 32.2 Å². The van der Waals surface area contributed by atoms with E-state index in [1.54, 1.807) is 30.3 Å². The van der Waals surface area contributed by atoms with Crippen molar-refractivity contribution in [2.75, 3.05) is 0 Å². The fourth-order valence-electron chi connectivity index (χ4n) is 2.30. The first-order valence-corrected chi connectivity index (χ1v) is 7.20. The SMILES string of the molecule is CC(C)(C)c1cc2nc(-c3ccccc3)cc(C(F)(F)F)n2n1. The predicted octanol–water partition coefficient (Wildman–Crippen LogP) is 4.71. The van der Waals surface area contributed by atoms with Crippen LogP contribution < -0.4 is 0 Å². The Labute approximate surface area is 131 Å². The second kappa shape index (κ2) is 5.08. The van der Waals surface area contributed by atoms with Crippen molar-refractivity contribution in [2.45, 2.75) is 32.4 Å². The summed E-state index contributed by atoms with van der Waals surface area (Å²) in [5.41, 5.74) is 0.509. The lowest BCUT2D eigenvalue weighted by atomic mass is 9.93. The minimum absolute atomic E-state index is 0.198. The number of rotatable bonds is 1. The zero-order valence-electron chi connectivity index (χ0n) is 13.0. The van der Waals surface area contributed by atoms with Crippen LogP contribution in [-0.4, -0.2) is 14.6 Å². The van der Waals surface area contributed by atoms with Gasteiger partial charge < -0.3 is 0 Å². The number of alkyl halides is 3. The molecule has 0 fully saturated rings. The Hall–Kier alpha value is -2.37. The zero-order valence-corrected chi connectivity index (χ0v) is 13.0. The first kappa shape index (κ1) is 15.5. The van der Waals surface area contributed by atoms with E-state index in [9.17, 15) is 13.2 Å². The zero-order chi connectivity index (χ0) is 16.8. The molecule has 3 rings (SSSR count). The van der Waals surface area contributed by atoms with E-state index in [4.69, 9.17) is 0 Å². The van der Waals surface area contributed by atoms with Crippen LogP contribution in [0.3, 0.4) is 0 Å². The Morgan fingerprint density at radius 2 is 1.61 bits per heavy atom. The molecule has 2 aromatic heterocycles. The molecule has 3 nitrogen and oxygen atoms in total. The van der Waals surface area contributed by atoms with Gasteiger partial charge in [-0.1, -0.05) is 51.1 Å². The fourth-order valence-corrected chi connectivity index (χ4v) is 2.30. The lowest BCUT2D eigenvalue weighted by Crippen LogP contribution is -2.15. The lowest BCUT2D eigenvalue weighted by Gasteiger charge is -2.14. The Morgan fingerprint density at radius 3 is 2.17 bits per heavy atom. The van der Waals surface area contributed by atoms with Gasteiger partial charge in [0.2, 0.25) is 0 Å². The first-order chi connectivity index (χ1) is 10.7. The molecule has 3 aromatic rings. The van der Waals surface area contributed by atoms with Crippen LogP contribution in [0.5, 0.6) is 0 Å². The van der Waals surface area contributed by atoms with Crippen LogP contribution in [0.2, 0.25) is 0 Å². The molecule has 6 heteroatoms. The van der Waals surface area contributed by atoms with Gasteiger partial charge >= 0.3 is 6.18 Å². The van der Waals surface area contributed by atoms with Crippen molar-refractivity contribution in [3.05, 3.63) is 53.9 Å². The Bertz CT molecular complexity index is 843. The average molecular weight is 319 g/mol. The molecule has 1 aromatic carbocycles. The molecular weight excluding hydrogens is 303 g/mol. The molecule has 0 N–H and O–H groups in total. The number of hydrogen-bond donors (Lipinski definition) is 0. The van der Waals surface area contributed by atoms with Crippen molar-refractivity contribution in [1.82, 2.24) is 14.6 Å². The van der Waals surface area contributed by atoms with Gasteiger partial charge in [-0.05, 0) is 6.07 Å². The van der Waals surface area contributed by atoms with Crippen molar-refractivity contribution >= 4 is 5.65 Å². The molecule has 120 valence electrons. The average Bonchev–Trinajstić information content (AvgIpc) is 2.90. The number of aromatic nitrogens is 3. The summed E-state index contributed by atoms with van der Waals surface area (Å²) in [7, 11) is 0. The first-order valence-electron chi connectivity index (χ1n) is 7.20. The van der Waals surface area contributed by atoms with Gasteiger partial charge in [0.1, 0.15) is 0 Å². The third-order valence-corrected chi connectivity index (χ3v) is 3.56. The van der Waals surface area contributed by atoms with Crippen LogP contribution in [0.4, 0.5) is 13.2 Å². The third kappa shape index (κ3) is 2.93. The van der Waals surface area contributed by atoms with Crippen molar-refractivity contribution < 1.29 is 13.2 Å². The summed E-state index contributed by atoms with van der Waals surface area (Å²) in [5, 5.41) is 4.12. The highest BCUT2D eigenvalue weighted by atomic mass is 19.4. The van der Waals surface area contributed by atoms with E-state index in [-0.39, 0.29) is 16.8 Å². The summed E-state index contributed by atoms with van der Waals surface area (Å²) < 4.78 is 41.2.